The Morgan fingerprint density at radius 2 is 1.68 bits per heavy atom. The van der Waals surface area contributed by atoms with Crippen LogP contribution in [0.5, 0.6) is 0 Å². The van der Waals surface area contributed by atoms with E-state index < -0.39 is 0 Å². The number of aryl methyl sites for hydroxylation is 2. The molecular weight excluding hydrogens is 348 g/mol. The van der Waals surface area contributed by atoms with Gasteiger partial charge in [0, 0.05) is 23.1 Å². The van der Waals surface area contributed by atoms with Gasteiger partial charge in [0.1, 0.15) is 0 Å². The SMILES string of the molecule is Cc1cc(C)n(-c2ccc(C(=O)Nc3ccccc3-c3ccccc3)cn2)n1. The fourth-order valence-corrected chi connectivity index (χ4v) is 3.16. The summed E-state index contributed by atoms with van der Waals surface area (Å²) < 4.78 is 1.77. The van der Waals surface area contributed by atoms with Gasteiger partial charge in [-0.15, -0.1) is 0 Å². The Kier molecular flexibility index (Phi) is 4.72. The molecule has 28 heavy (non-hydrogen) atoms. The molecule has 0 aliphatic rings. The molecule has 5 heteroatoms. The number of anilines is 1. The maximum Gasteiger partial charge on any atom is 0.257 e. The van der Waals surface area contributed by atoms with Gasteiger partial charge in [0.2, 0.25) is 0 Å². The highest BCUT2D eigenvalue weighted by Crippen LogP contribution is 2.27. The van der Waals surface area contributed by atoms with Gasteiger partial charge < -0.3 is 5.32 Å². The van der Waals surface area contributed by atoms with Gasteiger partial charge in [0.15, 0.2) is 5.82 Å². The summed E-state index contributed by atoms with van der Waals surface area (Å²) >= 11 is 0. The van der Waals surface area contributed by atoms with Gasteiger partial charge in [-0.1, -0.05) is 48.5 Å². The third-order valence-electron chi connectivity index (χ3n) is 4.50. The summed E-state index contributed by atoms with van der Waals surface area (Å²) in [6.45, 7) is 3.91. The minimum Gasteiger partial charge on any atom is -0.321 e. The van der Waals surface area contributed by atoms with E-state index in [2.05, 4.69) is 15.4 Å². The molecule has 1 N–H and O–H groups in total. The minimum absolute atomic E-state index is 0.198. The van der Waals surface area contributed by atoms with Crippen LogP contribution in [0.2, 0.25) is 0 Å². The lowest BCUT2D eigenvalue weighted by Crippen LogP contribution is -2.13. The molecule has 4 aromatic rings. The topological polar surface area (TPSA) is 59.8 Å². The number of nitrogens with zero attached hydrogens (tertiary/aromatic N) is 3. The Hall–Kier alpha value is -3.73. The molecule has 0 spiro atoms. The van der Waals surface area contributed by atoms with Crippen molar-refractivity contribution >= 4 is 11.6 Å². The zero-order valence-electron chi connectivity index (χ0n) is 15.8. The first-order chi connectivity index (χ1) is 13.6. The number of hydrogen-bond donors (Lipinski definition) is 1. The molecule has 2 heterocycles. The Bertz CT molecular complexity index is 1120. The minimum atomic E-state index is -0.198. The zero-order chi connectivity index (χ0) is 19.5. The van der Waals surface area contributed by atoms with Crippen LogP contribution in [0.25, 0.3) is 16.9 Å². The van der Waals surface area contributed by atoms with Crippen molar-refractivity contribution in [2.75, 3.05) is 5.32 Å². The highest BCUT2D eigenvalue weighted by atomic mass is 16.1. The van der Waals surface area contributed by atoms with Gasteiger partial charge in [-0.25, -0.2) is 9.67 Å². The number of nitrogens with one attached hydrogen (secondary N) is 1. The van der Waals surface area contributed by atoms with Crippen molar-refractivity contribution in [2.45, 2.75) is 13.8 Å². The standard InChI is InChI=1S/C23H20N4O/c1-16-14-17(2)27(26-16)22-13-12-19(15-24-22)23(28)25-21-11-7-6-10-20(21)18-8-4-3-5-9-18/h3-15H,1-2H3,(H,25,28). The molecular formula is C23H20N4O. The molecule has 5 nitrogen and oxygen atoms in total. The van der Waals surface area contributed by atoms with Crippen LogP contribution < -0.4 is 5.32 Å². The third kappa shape index (κ3) is 3.55. The summed E-state index contributed by atoms with van der Waals surface area (Å²) in [6, 6.07) is 23.3. The van der Waals surface area contributed by atoms with Crippen LogP contribution in [-0.4, -0.2) is 20.7 Å². The quantitative estimate of drug-likeness (QED) is 0.563. The van der Waals surface area contributed by atoms with E-state index in [4.69, 9.17) is 0 Å². The van der Waals surface area contributed by atoms with Gasteiger partial charge in [-0.2, -0.15) is 5.10 Å². The van der Waals surface area contributed by atoms with Gasteiger partial charge in [0.05, 0.1) is 11.3 Å². The molecule has 0 saturated heterocycles. The van der Waals surface area contributed by atoms with Crippen molar-refractivity contribution < 1.29 is 4.79 Å². The normalized spacial score (nSPS) is 10.6. The Morgan fingerprint density at radius 3 is 2.36 bits per heavy atom. The van der Waals surface area contributed by atoms with Crippen LogP contribution in [0.1, 0.15) is 21.7 Å². The monoisotopic (exact) mass is 368 g/mol. The largest absolute Gasteiger partial charge is 0.321 e. The molecule has 138 valence electrons. The highest BCUT2D eigenvalue weighted by Gasteiger charge is 2.12. The van der Waals surface area contributed by atoms with Gasteiger partial charge in [-0.05, 0) is 43.7 Å². The molecule has 0 bridgehead atoms. The summed E-state index contributed by atoms with van der Waals surface area (Å²) in [7, 11) is 0. The molecule has 0 atom stereocenters. The molecule has 0 fully saturated rings. The van der Waals surface area contributed by atoms with Crippen molar-refractivity contribution in [3.63, 3.8) is 0 Å². The van der Waals surface area contributed by atoms with Crippen molar-refractivity contribution in [3.05, 3.63) is 95.9 Å². The number of aromatic nitrogens is 3. The maximum atomic E-state index is 12.7. The van der Waals surface area contributed by atoms with Crippen LogP contribution in [0.15, 0.2) is 79.0 Å². The fourth-order valence-electron chi connectivity index (χ4n) is 3.16. The summed E-state index contributed by atoms with van der Waals surface area (Å²) in [6.07, 6.45) is 1.58. The summed E-state index contributed by atoms with van der Waals surface area (Å²) in [4.78, 5) is 17.1. The van der Waals surface area contributed by atoms with Crippen molar-refractivity contribution in [1.82, 2.24) is 14.8 Å². The van der Waals surface area contributed by atoms with Gasteiger partial charge in [0.25, 0.3) is 5.91 Å². The number of rotatable bonds is 4. The van der Waals surface area contributed by atoms with E-state index in [9.17, 15) is 4.79 Å². The zero-order valence-corrected chi connectivity index (χ0v) is 15.8. The first-order valence-corrected chi connectivity index (χ1v) is 9.07. The molecule has 0 unspecified atom stereocenters. The lowest BCUT2D eigenvalue weighted by Gasteiger charge is -2.11. The van der Waals surface area contributed by atoms with Crippen molar-refractivity contribution in [3.8, 4) is 16.9 Å². The van der Waals surface area contributed by atoms with E-state index in [1.165, 1.54) is 0 Å². The molecule has 1 amide bonds. The molecule has 0 saturated carbocycles. The van der Waals surface area contributed by atoms with Crippen LogP contribution in [0, 0.1) is 13.8 Å². The first-order valence-electron chi connectivity index (χ1n) is 9.07. The van der Waals surface area contributed by atoms with Gasteiger partial charge >= 0.3 is 0 Å². The fraction of sp³-hybridized carbons (Fsp3) is 0.0870. The van der Waals surface area contributed by atoms with Crippen LogP contribution in [-0.2, 0) is 0 Å². The molecule has 0 aliphatic carbocycles. The van der Waals surface area contributed by atoms with Crippen LogP contribution >= 0.6 is 0 Å². The molecule has 2 aromatic heterocycles. The number of pyridine rings is 1. The van der Waals surface area contributed by atoms with E-state index in [1.54, 1.807) is 23.0 Å². The number of para-hydroxylation sites is 1. The second-order valence-electron chi connectivity index (χ2n) is 6.61. The van der Waals surface area contributed by atoms with E-state index in [-0.39, 0.29) is 5.91 Å². The Morgan fingerprint density at radius 1 is 0.929 bits per heavy atom. The van der Waals surface area contributed by atoms with Crippen LogP contribution in [0.3, 0.4) is 0 Å². The number of hydrogen-bond acceptors (Lipinski definition) is 3. The van der Waals surface area contributed by atoms with E-state index >= 15 is 0 Å². The Labute approximate surface area is 163 Å². The molecule has 0 radical (unpaired) electrons. The predicted octanol–water partition coefficient (Wildman–Crippen LogP) is 4.80. The van der Waals surface area contributed by atoms with Crippen molar-refractivity contribution in [2.24, 2.45) is 0 Å². The molecule has 4 rings (SSSR count). The van der Waals surface area contributed by atoms with Crippen molar-refractivity contribution in [1.29, 1.82) is 0 Å². The van der Waals surface area contributed by atoms with E-state index in [1.807, 2.05) is 74.5 Å². The lowest BCUT2D eigenvalue weighted by atomic mass is 10.0. The number of carbonyl (C=O) groups excluding carboxylic acids is 1. The second kappa shape index (κ2) is 7.48. The van der Waals surface area contributed by atoms with Crippen LogP contribution in [0.4, 0.5) is 5.69 Å². The van der Waals surface area contributed by atoms with Gasteiger partial charge in [-0.3, -0.25) is 4.79 Å². The summed E-state index contributed by atoms with van der Waals surface area (Å²) in [5.74, 6) is 0.489. The highest BCUT2D eigenvalue weighted by molar-refractivity contribution is 6.06. The first kappa shape index (κ1) is 17.7. The molecule has 0 aliphatic heterocycles. The summed E-state index contributed by atoms with van der Waals surface area (Å²) in [5, 5.41) is 7.42. The lowest BCUT2D eigenvalue weighted by molar-refractivity contribution is 0.102. The number of carbonyl (C=O) groups is 1. The number of amides is 1. The predicted molar refractivity (Wildman–Crippen MR) is 111 cm³/mol. The average molecular weight is 368 g/mol. The Balaban J connectivity index is 1.57. The van der Waals surface area contributed by atoms with E-state index in [0.29, 0.717) is 11.4 Å². The second-order valence-corrected chi connectivity index (χ2v) is 6.61. The maximum absolute atomic E-state index is 12.7. The smallest absolute Gasteiger partial charge is 0.257 e. The number of benzene rings is 2. The average Bonchev–Trinajstić information content (AvgIpc) is 3.07. The molecule has 2 aromatic carbocycles. The van der Waals surface area contributed by atoms with E-state index in [0.717, 1.165) is 28.2 Å². The summed E-state index contributed by atoms with van der Waals surface area (Å²) in [5.41, 5.74) is 5.21. The third-order valence-corrected chi connectivity index (χ3v) is 4.50.